The standard InChI is InChI=1S/C16H22N4/c1-11(2)14-16-19-18-15(20(16)10-9-17-14)12(3)13-7-5-4-6-8-13/h4-8,11-12,14,17H,9-10H2,1-3H3. The van der Waals surface area contributed by atoms with E-state index in [1.54, 1.807) is 0 Å². The van der Waals surface area contributed by atoms with Crippen LogP contribution in [0.3, 0.4) is 0 Å². The van der Waals surface area contributed by atoms with Crippen molar-refractivity contribution in [3.8, 4) is 0 Å². The monoisotopic (exact) mass is 270 g/mol. The first kappa shape index (κ1) is 13.3. The van der Waals surface area contributed by atoms with Crippen molar-refractivity contribution in [1.29, 1.82) is 0 Å². The van der Waals surface area contributed by atoms with Gasteiger partial charge in [-0.3, -0.25) is 0 Å². The van der Waals surface area contributed by atoms with Crippen LogP contribution in [0.1, 0.15) is 49.9 Å². The van der Waals surface area contributed by atoms with Crippen LogP contribution in [0.15, 0.2) is 30.3 Å². The highest BCUT2D eigenvalue weighted by Gasteiger charge is 2.28. The van der Waals surface area contributed by atoms with Gasteiger partial charge in [0.15, 0.2) is 5.82 Å². The Bertz CT molecular complexity index is 573. The van der Waals surface area contributed by atoms with Gasteiger partial charge in [0.1, 0.15) is 5.82 Å². The summed E-state index contributed by atoms with van der Waals surface area (Å²) in [5.41, 5.74) is 1.29. The van der Waals surface area contributed by atoms with Crippen molar-refractivity contribution >= 4 is 0 Å². The van der Waals surface area contributed by atoms with Gasteiger partial charge in [-0.1, -0.05) is 51.1 Å². The summed E-state index contributed by atoms with van der Waals surface area (Å²) in [7, 11) is 0. The molecule has 106 valence electrons. The van der Waals surface area contributed by atoms with Gasteiger partial charge < -0.3 is 9.88 Å². The Morgan fingerprint density at radius 2 is 1.90 bits per heavy atom. The number of hydrogen-bond acceptors (Lipinski definition) is 3. The third-order valence-corrected chi connectivity index (χ3v) is 4.14. The number of benzene rings is 1. The third kappa shape index (κ3) is 2.24. The van der Waals surface area contributed by atoms with Gasteiger partial charge in [-0.2, -0.15) is 0 Å². The zero-order chi connectivity index (χ0) is 14.1. The van der Waals surface area contributed by atoms with Crippen molar-refractivity contribution in [2.24, 2.45) is 5.92 Å². The van der Waals surface area contributed by atoms with Crippen LogP contribution in [0.4, 0.5) is 0 Å². The molecule has 1 aromatic heterocycles. The summed E-state index contributed by atoms with van der Waals surface area (Å²) < 4.78 is 2.30. The lowest BCUT2D eigenvalue weighted by atomic mass is 9.99. The smallest absolute Gasteiger partial charge is 0.150 e. The molecule has 0 saturated carbocycles. The van der Waals surface area contributed by atoms with E-state index < -0.39 is 0 Å². The van der Waals surface area contributed by atoms with E-state index in [9.17, 15) is 0 Å². The molecule has 1 aromatic carbocycles. The Morgan fingerprint density at radius 3 is 2.60 bits per heavy atom. The maximum Gasteiger partial charge on any atom is 0.150 e. The molecule has 0 radical (unpaired) electrons. The van der Waals surface area contributed by atoms with Crippen LogP contribution in [-0.2, 0) is 6.54 Å². The van der Waals surface area contributed by atoms with Crippen LogP contribution in [0, 0.1) is 5.92 Å². The number of rotatable bonds is 3. The highest BCUT2D eigenvalue weighted by atomic mass is 15.3. The molecular weight excluding hydrogens is 248 g/mol. The molecule has 2 atom stereocenters. The Hall–Kier alpha value is -1.68. The Kier molecular flexibility index (Phi) is 3.57. The minimum atomic E-state index is 0.281. The molecule has 2 aromatic rings. The summed E-state index contributed by atoms with van der Waals surface area (Å²) in [6.07, 6.45) is 0. The van der Waals surface area contributed by atoms with E-state index in [0.717, 1.165) is 24.7 Å². The lowest BCUT2D eigenvalue weighted by Gasteiger charge is -2.28. The van der Waals surface area contributed by atoms with Gasteiger partial charge in [0, 0.05) is 19.0 Å². The van der Waals surface area contributed by atoms with Crippen molar-refractivity contribution in [3.05, 3.63) is 47.5 Å². The van der Waals surface area contributed by atoms with Crippen LogP contribution >= 0.6 is 0 Å². The molecule has 20 heavy (non-hydrogen) atoms. The average molecular weight is 270 g/mol. The Morgan fingerprint density at radius 1 is 1.15 bits per heavy atom. The highest BCUT2D eigenvalue weighted by Crippen LogP contribution is 2.28. The van der Waals surface area contributed by atoms with E-state index in [2.05, 4.69) is 65.1 Å². The molecule has 0 amide bonds. The second-order valence-electron chi connectivity index (χ2n) is 5.88. The van der Waals surface area contributed by atoms with Gasteiger partial charge in [0.05, 0.1) is 6.04 Å². The summed E-state index contributed by atoms with van der Waals surface area (Å²) in [5.74, 6) is 2.98. The fourth-order valence-electron chi connectivity index (χ4n) is 2.96. The number of nitrogens with one attached hydrogen (secondary N) is 1. The molecule has 0 aliphatic carbocycles. The zero-order valence-electron chi connectivity index (χ0n) is 12.4. The van der Waals surface area contributed by atoms with Crippen LogP contribution in [-0.4, -0.2) is 21.3 Å². The molecular formula is C16H22N4. The first-order valence-corrected chi connectivity index (χ1v) is 7.39. The van der Waals surface area contributed by atoms with Crippen LogP contribution < -0.4 is 5.32 Å². The average Bonchev–Trinajstić information content (AvgIpc) is 2.91. The van der Waals surface area contributed by atoms with Gasteiger partial charge in [-0.05, 0) is 11.5 Å². The Balaban J connectivity index is 1.97. The van der Waals surface area contributed by atoms with Gasteiger partial charge in [-0.25, -0.2) is 0 Å². The summed E-state index contributed by atoms with van der Waals surface area (Å²) in [6.45, 7) is 8.60. The van der Waals surface area contributed by atoms with Gasteiger partial charge in [0.2, 0.25) is 0 Å². The fourth-order valence-corrected chi connectivity index (χ4v) is 2.96. The molecule has 4 heteroatoms. The van der Waals surface area contributed by atoms with Crippen LogP contribution in [0.5, 0.6) is 0 Å². The van der Waals surface area contributed by atoms with Crippen molar-refractivity contribution < 1.29 is 0 Å². The van der Waals surface area contributed by atoms with Crippen molar-refractivity contribution in [2.75, 3.05) is 6.54 Å². The van der Waals surface area contributed by atoms with Crippen LogP contribution in [0.2, 0.25) is 0 Å². The van der Waals surface area contributed by atoms with E-state index in [1.807, 2.05) is 6.07 Å². The summed E-state index contributed by atoms with van der Waals surface area (Å²) in [4.78, 5) is 0. The number of fused-ring (bicyclic) bond motifs is 1. The van der Waals surface area contributed by atoms with E-state index >= 15 is 0 Å². The third-order valence-electron chi connectivity index (χ3n) is 4.14. The van der Waals surface area contributed by atoms with Crippen molar-refractivity contribution in [2.45, 2.75) is 39.3 Å². The molecule has 0 saturated heterocycles. The fraction of sp³-hybridized carbons (Fsp3) is 0.500. The minimum absolute atomic E-state index is 0.281. The second-order valence-corrected chi connectivity index (χ2v) is 5.88. The van der Waals surface area contributed by atoms with Gasteiger partial charge >= 0.3 is 0 Å². The molecule has 0 fully saturated rings. The van der Waals surface area contributed by atoms with E-state index in [4.69, 9.17) is 0 Å². The second kappa shape index (κ2) is 5.37. The first-order valence-electron chi connectivity index (χ1n) is 7.39. The molecule has 2 unspecified atom stereocenters. The number of aromatic nitrogens is 3. The molecule has 2 heterocycles. The SMILES string of the molecule is CC(c1ccccc1)c1nnc2n1CCNC2C(C)C. The van der Waals surface area contributed by atoms with E-state index in [0.29, 0.717) is 12.0 Å². The molecule has 0 bridgehead atoms. The van der Waals surface area contributed by atoms with E-state index in [-0.39, 0.29) is 5.92 Å². The largest absolute Gasteiger partial charge is 0.312 e. The number of hydrogen-bond donors (Lipinski definition) is 1. The van der Waals surface area contributed by atoms with Crippen molar-refractivity contribution in [1.82, 2.24) is 20.1 Å². The molecule has 0 spiro atoms. The molecule has 1 N–H and O–H groups in total. The summed E-state index contributed by atoms with van der Waals surface area (Å²) in [5, 5.41) is 12.5. The molecule has 4 nitrogen and oxygen atoms in total. The molecule has 1 aliphatic rings. The van der Waals surface area contributed by atoms with Crippen molar-refractivity contribution in [3.63, 3.8) is 0 Å². The topological polar surface area (TPSA) is 42.7 Å². The molecule has 3 rings (SSSR count). The lowest BCUT2D eigenvalue weighted by Crippen LogP contribution is -2.37. The summed E-state index contributed by atoms with van der Waals surface area (Å²) >= 11 is 0. The van der Waals surface area contributed by atoms with Crippen LogP contribution in [0.25, 0.3) is 0 Å². The van der Waals surface area contributed by atoms with Gasteiger partial charge in [-0.15, -0.1) is 10.2 Å². The number of nitrogens with zero attached hydrogens (tertiary/aromatic N) is 3. The predicted molar refractivity (Wildman–Crippen MR) is 79.6 cm³/mol. The predicted octanol–water partition coefficient (Wildman–Crippen LogP) is 2.73. The van der Waals surface area contributed by atoms with E-state index in [1.165, 1.54) is 5.56 Å². The lowest BCUT2D eigenvalue weighted by molar-refractivity contribution is 0.334. The van der Waals surface area contributed by atoms with Gasteiger partial charge in [0.25, 0.3) is 0 Å². The quantitative estimate of drug-likeness (QED) is 0.932. The minimum Gasteiger partial charge on any atom is -0.312 e. The normalized spacial score (nSPS) is 19.9. The molecule has 1 aliphatic heterocycles. The summed E-state index contributed by atoms with van der Waals surface area (Å²) in [6, 6.07) is 10.8. The highest BCUT2D eigenvalue weighted by molar-refractivity contribution is 5.25. The maximum absolute atomic E-state index is 4.48. The first-order chi connectivity index (χ1) is 9.68. The maximum atomic E-state index is 4.48. The Labute approximate surface area is 120 Å². The zero-order valence-corrected chi connectivity index (χ0v) is 12.4.